The van der Waals surface area contributed by atoms with Crippen molar-refractivity contribution in [2.45, 2.75) is 33.2 Å². The molecule has 2 aromatic heterocycles. The highest BCUT2D eigenvalue weighted by atomic mass is 79.9. The molecule has 0 spiro atoms. The summed E-state index contributed by atoms with van der Waals surface area (Å²) in [5, 5.41) is 4.35. The van der Waals surface area contributed by atoms with Gasteiger partial charge in [-0.25, -0.2) is 15.0 Å². The quantitative estimate of drug-likeness (QED) is 0.853. The number of aromatic nitrogens is 3. The van der Waals surface area contributed by atoms with Crippen molar-refractivity contribution in [1.29, 1.82) is 0 Å². The Kier molecular flexibility index (Phi) is 4.66. The summed E-state index contributed by atoms with van der Waals surface area (Å²) < 4.78 is 0.818. The van der Waals surface area contributed by atoms with Gasteiger partial charge in [0, 0.05) is 23.6 Å². The van der Waals surface area contributed by atoms with Crippen LogP contribution in [-0.4, -0.2) is 15.0 Å². The summed E-state index contributed by atoms with van der Waals surface area (Å²) in [6, 6.07) is 1.89. The highest BCUT2D eigenvalue weighted by Gasteiger charge is 2.04. The van der Waals surface area contributed by atoms with E-state index in [1.54, 1.807) is 11.3 Å². The van der Waals surface area contributed by atoms with E-state index in [0.29, 0.717) is 6.54 Å². The molecule has 18 heavy (non-hydrogen) atoms. The second-order valence-electron chi connectivity index (χ2n) is 3.96. The van der Waals surface area contributed by atoms with Crippen LogP contribution in [0.1, 0.15) is 29.1 Å². The van der Waals surface area contributed by atoms with Crippen LogP contribution in [0.2, 0.25) is 0 Å². The molecule has 2 rings (SSSR count). The fourth-order valence-electron chi connectivity index (χ4n) is 1.54. The number of nitrogens with one attached hydrogen (secondary N) is 1. The summed E-state index contributed by atoms with van der Waals surface area (Å²) in [5.74, 6) is 1.71. The van der Waals surface area contributed by atoms with Crippen molar-refractivity contribution in [3.8, 4) is 0 Å². The van der Waals surface area contributed by atoms with Crippen molar-refractivity contribution < 1.29 is 0 Å². The highest BCUT2D eigenvalue weighted by molar-refractivity contribution is 9.10. The molecule has 2 aromatic rings. The van der Waals surface area contributed by atoms with E-state index in [9.17, 15) is 0 Å². The number of nitrogens with zero attached hydrogens (tertiary/aromatic N) is 3. The van der Waals surface area contributed by atoms with Crippen molar-refractivity contribution in [1.82, 2.24) is 15.0 Å². The van der Waals surface area contributed by atoms with Gasteiger partial charge in [0.1, 0.15) is 21.3 Å². The molecule has 0 saturated heterocycles. The van der Waals surface area contributed by atoms with Gasteiger partial charge in [0.25, 0.3) is 0 Å². The lowest BCUT2D eigenvalue weighted by Crippen LogP contribution is -2.04. The van der Waals surface area contributed by atoms with Gasteiger partial charge in [-0.2, -0.15) is 0 Å². The van der Waals surface area contributed by atoms with E-state index in [1.807, 2.05) is 12.3 Å². The third kappa shape index (κ3) is 3.74. The summed E-state index contributed by atoms with van der Waals surface area (Å²) in [5.41, 5.74) is 0. The molecule has 0 radical (unpaired) electrons. The summed E-state index contributed by atoms with van der Waals surface area (Å²) in [6.45, 7) is 4.88. The Morgan fingerprint density at radius 2 is 2.22 bits per heavy atom. The van der Waals surface area contributed by atoms with Gasteiger partial charge in [-0.15, -0.1) is 11.3 Å². The predicted octanol–water partition coefficient (Wildman–Crippen LogP) is 3.57. The Hall–Kier alpha value is -1.01. The van der Waals surface area contributed by atoms with Crippen molar-refractivity contribution in [3.63, 3.8) is 0 Å². The second-order valence-corrected chi connectivity index (χ2v) is 6.09. The minimum absolute atomic E-state index is 0.702. The third-order valence-corrected chi connectivity index (χ3v) is 3.62. The zero-order chi connectivity index (χ0) is 13.0. The van der Waals surface area contributed by atoms with Gasteiger partial charge in [0.2, 0.25) is 0 Å². The molecular formula is C12H15BrN4S. The van der Waals surface area contributed by atoms with Crippen LogP contribution in [0, 0.1) is 6.92 Å². The van der Waals surface area contributed by atoms with Gasteiger partial charge in [-0.05, 0) is 29.3 Å². The minimum Gasteiger partial charge on any atom is -0.363 e. The van der Waals surface area contributed by atoms with E-state index in [0.717, 1.165) is 34.1 Å². The Bertz CT molecular complexity index is 527. The van der Waals surface area contributed by atoms with Gasteiger partial charge in [0.15, 0.2) is 0 Å². The van der Waals surface area contributed by atoms with Crippen molar-refractivity contribution >= 4 is 33.1 Å². The summed E-state index contributed by atoms with van der Waals surface area (Å²) in [7, 11) is 0. The van der Waals surface area contributed by atoms with Crippen molar-refractivity contribution in [2.75, 3.05) is 5.32 Å². The minimum atomic E-state index is 0.702. The van der Waals surface area contributed by atoms with Gasteiger partial charge in [-0.3, -0.25) is 0 Å². The zero-order valence-corrected chi connectivity index (χ0v) is 12.8. The number of thiazole rings is 1. The van der Waals surface area contributed by atoms with E-state index < -0.39 is 0 Å². The fourth-order valence-corrected chi connectivity index (χ4v) is 2.69. The molecule has 2 heterocycles. The molecule has 4 nitrogen and oxygen atoms in total. The number of rotatable bonds is 5. The molecule has 0 fully saturated rings. The molecule has 1 N–H and O–H groups in total. The number of aryl methyl sites for hydroxylation is 2. The van der Waals surface area contributed by atoms with E-state index in [2.05, 4.69) is 50.0 Å². The molecule has 0 saturated carbocycles. The van der Waals surface area contributed by atoms with Crippen LogP contribution in [0.3, 0.4) is 0 Å². The standard InChI is InChI=1S/C12H15BrN4S/c1-3-4-10-16-9(13)5-11(17-10)14-7-12-15-6-8(2)18-12/h5-6H,3-4,7H2,1-2H3,(H,14,16,17). The smallest absolute Gasteiger partial charge is 0.132 e. The van der Waals surface area contributed by atoms with Crippen LogP contribution >= 0.6 is 27.3 Å². The Balaban J connectivity index is 2.04. The molecule has 96 valence electrons. The molecule has 0 atom stereocenters. The molecule has 0 unspecified atom stereocenters. The molecule has 6 heteroatoms. The maximum atomic E-state index is 4.47. The first-order chi connectivity index (χ1) is 8.67. The number of anilines is 1. The Morgan fingerprint density at radius 3 is 2.89 bits per heavy atom. The second kappa shape index (κ2) is 6.24. The molecular weight excluding hydrogens is 312 g/mol. The Morgan fingerprint density at radius 1 is 1.39 bits per heavy atom. The SMILES string of the molecule is CCCc1nc(Br)cc(NCc2ncc(C)s2)n1. The van der Waals surface area contributed by atoms with Crippen LogP contribution in [-0.2, 0) is 13.0 Å². The van der Waals surface area contributed by atoms with Crippen LogP contribution in [0.15, 0.2) is 16.9 Å². The van der Waals surface area contributed by atoms with E-state index in [-0.39, 0.29) is 0 Å². The average Bonchev–Trinajstić information content (AvgIpc) is 2.72. The zero-order valence-electron chi connectivity index (χ0n) is 10.4. The molecule has 0 aliphatic heterocycles. The lowest BCUT2D eigenvalue weighted by atomic mass is 10.3. The first-order valence-electron chi connectivity index (χ1n) is 5.86. The number of hydrogen-bond acceptors (Lipinski definition) is 5. The normalized spacial score (nSPS) is 10.6. The number of halogens is 1. The van der Waals surface area contributed by atoms with E-state index >= 15 is 0 Å². The first kappa shape index (κ1) is 13.4. The van der Waals surface area contributed by atoms with E-state index in [4.69, 9.17) is 0 Å². The van der Waals surface area contributed by atoms with Crippen LogP contribution in [0.5, 0.6) is 0 Å². The maximum Gasteiger partial charge on any atom is 0.132 e. The molecule has 0 aliphatic rings. The van der Waals surface area contributed by atoms with Gasteiger partial charge in [0.05, 0.1) is 6.54 Å². The van der Waals surface area contributed by atoms with Crippen molar-refractivity contribution in [2.24, 2.45) is 0 Å². The van der Waals surface area contributed by atoms with Crippen LogP contribution < -0.4 is 5.32 Å². The molecule has 0 amide bonds. The summed E-state index contributed by atoms with van der Waals surface area (Å²) in [4.78, 5) is 14.3. The molecule has 0 bridgehead atoms. The van der Waals surface area contributed by atoms with Gasteiger partial charge in [-0.1, -0.05) is 6.92 Å². The predicted molar refractivity (Wildman–Crippen MR) is 77.9 cm³/mol. The van der Waals surface area contributed by atoms with Crippen LogP contribution in [0.4, 0.5) is 5.82 Å². The maximum absolute atomic E-state index is 4.47. The lowest BCUT2D eigenvalue weighted by Gasteiger charge is -2.06. The summed E-state index contributed by atoms with van der Waals surface area (Å²) in [6.07, 6.45) is 3.83. The van der Waals surface area contributed by atoms with Gasteiger partial charge >= 0.3 is 0 Å². The highest BCUT2D eigenvalue weighted by Crippen LogP contribution is 2.16. The molecule has 0 aromatic carbocycles. The fraction of sp³-hybridized carbons (Fsp3) is 0.417. The van der Waals surface area contributed by atoms with Gasteiger partial charge < -0.3 is 5.32 Å². The topological polar surface area (TPSA) is 50.7 Å². The largest absolute Gasteiger partial charge is 0.363 e. The van der Waals surface area contributed by atoms with Crippen molar-refractivity contribution in [3.05, 3.63) is 32.6 Å². The lowest BCUT2D eigenvalue weighted by molar-refractivity contribution is 0.828. The molecule has 0 aliphatic carbocycles. The third-order valence-electron chi connectivity index (χ3n) is 2.30. The Labute approximate surface area is 119 Å². The number of hydrogen-bond donors (Lipinski definition) is 1. The van der Waals surface area contributed by atoms with Crippen LogP contribution in [0.25, 0.3) is 0 Å². The first-order valence-corrected chi connectivity index (χ1v) is 7.47. The average molecular weight is 327 g/mol. The van der Waals surface area contributed by atoms with E-state index in [1.165, 1.54) is 4.88 Å². The summed E-state index contributed by atoms with van der Waals surface area (Å²) >= 11 is 5.11. The monoisotopic (exact) mass is 326 g/mol.